The van der Waals surface area contributed by atoms with E-state index in [-0.39, 0.29) is 11.7 Å². The Morgan fingerprint density at radius 3 is 2.46 bits per heavy atom. The minimum absolute atomic E-state index is 0.290. The molecule has 3 N–H and O–H groups in total. The van der Waals surface area contributed by atoms with E-state index in [2.05, 4.69) is 15.2 Å². The van der Waals surface area contributed by atoms with Crippen LogP contribution in [0.2, 0.25) is 0 Å². The molecule has 0 radical (unpaired) electrons. The lowest BCUT2D eigenvalue weighted by molar-refractivity contribution is -0.118. The highest BCUT2D eigenvalue weighted by atomic mass is 19.1. The quantitative estimate of drug-likeness (QED) is 0.730. The van der Waals surface area contributed by atoms with Gasteiger partial charge in [0.15, 0.2) is 0 Å². The van der Waals surface area contributed by atoms with Crippen molar-refractivity contribution in [2.45, 2.75) is 19.3 Å². The normalized spacial score (nSPS) is 10.7. The molecule has 6 heteroatoms. The van der Waals surface area contributed by atoms with Gasteiger partial charge < -0.3 is 5.73 Å². The average Bonchev–Trinajstić information content (AvgIpc) is 3.00. The van der Waals surface area contributed by atoms with Crippen LogP contribution in [0.25, 0.3) is 22.4 Å². The largest absolute Gasteiger partial charge is 0.370 e. The zero-order valence-corrected chi connectivity index (χ0v) is 13.0. The highest BCUT2D eigenvalue weighted by Gasteiger charge is 2.16. The van der Waals surface area contributed by atoms with Gasteiger partial charge in [-0.25, -0.2) is 4.39 Å². The second kappa shape index (κ2) is 7.04. The molecule has 0 aliphatic heterocycles. The number of nitrogens with one attached hydrogen (secondary N) is 1. The maximum absolute atomic E-state index is 13.2. The summed E-state index contributed by atoms with van der Waals surface area (Å²) in [5, 5.41) is 7.45. The molecule has 0 aliphatic rings. The van der Waals surface area contributed by atoms with Crippen LogP contribution < -0.4 is 5.73 Å². The Hall–Kier alpha value is -3.02. The molecule has 0 unspecified atom stereocenters. The van der Waals surface area contributed by atoms with Gasteiger partial charge in [0, 0.05) is 35.6 Å². The molecular weight excluding hydrogens is 307 g/mol. The third-order valence-electron chi connectivity index (χ3n) is 3.78. The van der Waals surface area contributed by atoms with Gasteiger partial charge in [-0.05, 0) is 54.8 Å². The van der Waals surface area contributed by atoms with Crippen LogP contribution in [0.5, 0.6) is 0 Å². The Balaban J connectivity index is 2.01. The second-order valence-electron chi connectivity index (χ2n) is 5.49. The van der Waals surface area contributed by atoms with Crippen LogP contribution in [-0.4, -0.2) is 21.1 Å². The van der Waals surface area contributed by atoms with Crippen molar-refractivity contribution in [3.05, 3.63) is 60.3 Å². The minimum Gasteiger partial charge on any atom is -0.370 e. The van der Waals surface area contributed by atoms with E-state index in [1.807, 2.05) is 12.1 Å². The molecule has 2 heterocycles. The molecule has 1 amide bonds. The molecule has 0 atom stereocenters. The number of nitrogens with zero attached hydrogens (tertiary/aromatic N) is 2. The van der Waals surface area contributed by atoms with Gasteiger partial charge in [0.2, 0.25) is 5.91 Å². The topological polar surface area (TPSA) is 84.7 Å². The number of aromatic amines is 1. The van der Waals surface area contributed by atoms with E-state index < -0.39 is 0 Å². The lowest BCUT2D eigenvalue weighted by Gasteiger charge is -2.06. The Morgan fingerprint density at radius 1 is 1.08 bits per heavy atom. The Kier molecular flexibility index (Phi) is 4.65. The zero-order chi connectivity index (χ0) is 16.9. The first kappa shape index (κ1) is 15.9. The molecule has 0 aliphatic carbocycles. The van der Waals surface area contributed by atoms with E-state index >= 15 is 0 Å². The van der Waals surface area contributed by atoms with Gasteiger partial charge in [0.1, 0.15) is 11.5 Å². The molecule has 3 rings (SSSR count). The van der Waals surface area contributed by atoms with Crippen LogP contribution in [-0.2, 0) is 11.2 Å². The van der Waals surface area contributed by atoms with Crippen molar-refractivity contribution < 1.29 is 9.18 Å². The van der Waals surface area contributed by atoms with Crippen molar-refractivity contribution in [1.82, 2.24) is 15.2 Å². The summed E-state index contributed by atoms with van der Waals surface area (Å²) in [6.45, 7) is 0. The minimum atomic E-state index is -0.321. The fourth-order valence-electron chi connectivity index (χ4n) is 2.64. The summed E-state index contributed by atoms with van der Waals surface area (Å²) in [7, 11) is 0. The molecule has 1 aromatic carbocycles. The molecule has 2 aromatic heterocycles. The van der Waals surface area contributed by atoms with Crippen molar-refractivity contribution in [3.63, 3.8) is 0 Å². The number of amides is 1. The zero-order valence-electron chi connectivity index (χ0n) is 13.0. The Morgan fingerprint density at radius 2 is 1.79 bits per heavy atom. The average molecular weight is 324 g/mol. The van der Waals surface area contributed by atoms with E-state index in [0.29, 0.717) is 19.3 Å². The summed E-state index contributed by atoms with van der Waals surface area (Å²) in [5.41, 5.74) is 9.59. The summed E-state index contributed by atoms with van der Waals surface area (Å²) in [6, 6.07) is 10.0. The summed E-state index contributed by atoms with van der Waals surface area (Å²) in [4.78, 5) is 15.0. The number of nitrogens with two attached hydrogens (primary N) is 1. The van der Waals surface area contributed by atoms with Gasteiger partial charge in [-0.3, -0.25) is 14.9 Å². The molecule has 0 fully saturated rings. The van der Waals surface area contributed by atoms with Crippen LogP contribution in [0.15, 0.2) is 48.8 Å². The molecule has 0 saturated carbocycles. The summed E-state index contributed by atoms with van der Waals surface area (Å²) in [6.07, 6.45) is 5.03. The Bertz CT molecular complexity index is 828. The molecule has 5 nitrogen and oxygen atoms in total. The van der Waals surface area contributed by atoms with E-state index in [1.165, 1.54) is 12.1 Å². The van der Waals surface area contributed by atoms with Crippen molar-refractivity contribution in [1.29, 1.82) is 0 Å². The first-order valence-corrected chi connectivity index (χ1v) is 7.67. The van der Waals surface area contributed by atoms with E-state index in [1.54, 1.807) is 24.5 Å². The third kappa shape index (κ3) is 3.48. The number of halogens is 1. The monoisotopic (exact) mass is 324 g/mol. The SMILES string of the molecule is NC(=O)CCCc1[nH]nc(-c2ccc(F)cc2)c1-c1ccncc1. The summed E-state index contributed by atoms with van der Waals surface area (Å²) < 4.78 is 13.2. The number of hydrogen-bond donors (Lipinski definition) is 2. The number of hydrogen-bond acceptors (Lipinski definition) is 3. The number of aromatic nitrogens is 3. The number of carbonyl (C=O) groups is 1. The third-order valence-corrected chi connectivity index (χ3v) is 3.78. The number of pyridine rings is 1. The number of rotatable bonds is 6. The lowest BCUT2D eigenvalue weighted by Crippen LogP contribution is -2.10. The highest BCUT2D eigenvalue weighted by molar-refractivity contribution is 5.82. The van der Waals surface area contributed by atoms with Gasteiger partial charge in [-0.15, -0.1) is 0 Å². The standard InChI is InChI=1S/C18H17FN4O/c19-14-6-4-13(5-7-14)18-17(12-8-10-21-11-9-12)15(22-23-18)2-1-3-16(20)24/h4-11H,1-3H2,(H2,20,24)(H,22,23). The van der Waals surface area contributed by atoms with Crippen molar-refractivity contribution in [2.75, 3.05) is 0 Å². The summed E-state index contributed by atoms with van der Waals surface area (Å²) in [5.74, 6) is -0.611. The molecule has 3 aromatic rings. The first-order chi connectivity index (χ1) is 11.6. The number of benzene rings is 1. The molecular formula is C18H17FN4O. The molecule has 122 valence electrons. The fraction of sp³-hybridized carbons (Fsp3) is 0.167. The van der Waals surface area contributed by atoms with Crippen LogP contribution in [0.1, 0.15) is 18.5 Å². The first-order valence-electron chi connectivity index (χ1n) is 7.67. The van der Waals surface area contributed by atoms with E-state index in [0.717, 1.165) is 28.1 Å². The maximum atomic E-state index is 13.2. The van der Waals surface area contributed by atoms with Crippen molar-refractivity contribution in [3.8, 4) is 22.4 Å². The van der Waals surface area contributed by atoms with Crippen molar-refractivity contribution >= 4 is 5.91 Å². The highest BCUT2D eigenvalue weighted by Crippen LogP contribution is 2.33. The van der Waals surface area contributed by atoms with Gasteiger partial charge in [0.05, 0.1) is 0 Å². The van der Waals surface area contributed by atoms with Crippen LogP contribution in [0, 0.1) is 5.82 Å². The van der Waals surface area contributed by atoms with Gasteiger partial charge in [-0.1, -0.05) is 0 Å². The fourth-order valence-corrected chi connectivity index (χ4v) is 2.64. The summed E-state index contributed by atoms with van der Waals surface area (Å²) >= 11 is 0. The predicted molar refractivity (Wildman–Crippen MR) is 89.3 cm³/mol. The van der Waals surface area contributed by atoms with Crippen molar-refractivity contribution in [2.24, 2.45) is 5.73 Å². The van der Waals surface area contributed by atoms with Crippen LogP contribution >= 0.6 is 0 Å². The van der Waals surface area contributed by atoms with Gasteiger partial charge >= 0.3 is 0 Å². The molecule has 0 saturated heterocycles. The van der Waals surface area contributed by atoms with E-state index in [4.69, 9.17) is 5.73 Å². The smallest absolute Gasteiger partial charge is 0.217 e. The van der Waals surface area contributed by atoms with Crippen LogP contribution in [0.3, 0.4) is 0 Å². The number of primary amides is 1. The predicted octanol–water partition coefficient (Wildman–Crippen LogP) is 3.09. The molecule has 0 spiro atoms. The van der Waals surface area contributed by atoms with Crippen LogP contribution in [0.4, 0.5) is 4.39 Å². The molecule has 24 heavy (non-hydrogen) atoms. The lowest BCUT2D eigenvalue weighted by atomic mass is 9.97. The Labute approximate surface area is 138 Å². The second-order valence-corrected chi connectivity index (χ2v) is 5.49. The van der Waals surface area contributed by atoms with Gasteiger partial charge in [-0.2, -0.15) is 5.10 Å². The number of carbonyl (C=O) groups excluding carboxylic acids is 1. The van der Waals surface area contributed by atoms with Gasteiger partial charge in [0.25, 0.3) is 0 Å². The maximum Gasteiger partial charge on any atom is 0.217 e. The number of aryl methyl sites for hydroxylation is 1. The van der Waals surface area contributed by atoms with E-state index in [9.17, 15) is 9.18 Å². The molecule has 0 bridgehead atoms. The number of H-pyrrole nitrogens is 1.